The first-order valence-corrected chi connectivity index (χ1v) is 7.16. The number of hydrogen-bond donors (Lipinski definition) is 1. The standard InChI is InChI=1S/C13H15ClFN3S/c1-7(2)12-13(19-18-17-12)10(16)6-8-4-3-5-9(14)11(8)15/h3-5,7,10H,6,16H2,1-2H3. The highest BCUT2D eigenvalue weighted by molar-refractivity contribution is 7.05. The maximum atomic E-state index is 13.8. The topological polar surface area (TPSA) is 51.8 Å². The van der Waals surface area contributed by atoms with Crippen LogP contribution in [0.4, 0.5) is 4.39 Å². The summed E-state index contributed by atoms with van der Waals surface area (Å²) in [5.41, 5.74) is 7.56. The van der Waals surface area contributed by atoms with Gasteiger partial charge < -0.3 is 5.73 Å². The molecule has 0 aliphatic carbocycles. The molecule has 0 radical (unpaired) electrons. The van der Waals surface area contributed by atoms with E-state index in [9.17, 15) is 4.39 Å². The van der Waals surface area contributed by atoms with E-state index in [2.05, 4.69) is 9.59 Å². The van der Waals surface area contributed by atoms with Crippen LogP contribution in [0.5, 0.6) is 0 Å². The highest BCUT2D eigenvalue weighted by Gasteiger charge is 2.20. The molecule has 0 aliphatic rings. The Kier molecular flexibility index (Phi) is 4.50. The molecule has 2 aromatic rings. The molecule has 1 aromatic carbocycles. The molecule has 0 bridgehead atoms. The van der Waals surface area contributed by atoms with Gasteiger partial charge in [-0.15, -0.1) is 5.10 Å². The van der Waals surface area contributed by atoms with Crippen molar-refractivity contribution in [3.63, 3.8) is 0 Å². The van der Waals surface area contributed by atoms with Crippen LogP contribution in [0.3, 0.4) is 0 Å². The summed E-state index contributed by atoms with van der Waals surface area (Å²) >= 11 is 7.04. The lowest BCUT2D eigenvalue weighted by atomic mass is 10.0. The van der Waals surface area contributed by atoms with Crippen molar-refractivity contribution in [2.24, 2.45) is 5.73 Å². The molecule has 6 heteroatoms. The number of hydrogen-bond acceptors (Lipinski definition) is 4. The van der Waals surface area contributed by atoms with E-state index in [0.29, 0.717) is 12.0 Å². The van der Waals surface area contributed by atoms with E-state index in [1.165, 1.54) is 17.6 Å². The summed E-state index contributed by atoms with van der Waals surface area (Å²) in [7, 11) is 0. The normalized spacial score (nSPS) is 12.9. The van der Waals surface area contributed by atoms with Crippen LogP contribution in [0.25, 0.3) is 0 Å². The maximum absolute atomic E-state index is 13.8. The SMILES string of the molecule is CC(C)c1nnsc1C(N)Cc1cccc(Cl)c1F. The third kappa shape index (κ3) is 3.11. The molecule has 1 heterocycles. The zero-order chi connectivity index (χ0) is 14.0. The van der Waals surface area contributed by atoms with Crippen molar-refractivity contribution < 1.29 is 4.39 Å². The van der Waals surface area contributed by atoms with Crippen LogP contribution < -0.4 is 5.73 Å². The van der Waals surface area contributed by atoms with E-state index in [0.717, 1.165) is 10.6 Å². The van der Waals surface area contributed by atoms with Gasteiger partial charge in [0.1, 0.15) is 5.82 Å². The summed E-state index contributed by atoms with van der Waals surface area (Å²) in [6.45, 7) is 4.07. The number of halogens is 2. The second-order valence-corrected chi connectivity index (χ2v) is 5.89. The van der Waals surface area contributed by atoms with Crippen LogP contribution in [-0.2, 0) is 6.42 Å². The van der Waals surface area contributed by atoms with Crippen molar-refractivity contribution in [1.82, 2.24) is 9.59 Å². The number of aromatic nitrogens is 2. The highest BCUT2D eigenvalue weighted by atomic mass is 35.5. The van der Waals surface area contributed by atoms with Crippen LogP contribution >= 0.6 is 23.1 Å². The van der Waals surface area contributed by atoms with Crippen molar-refractivity contribution >= 4 is 23.1 Å². The van der Waals surface area contributed by atoms with Gasteiger partial charge in [-0.05, 0) is 35.5 Å². The van der Waals surface area contributed by atoms with Gasteiger partial charge in [-0.25, -0.2) is 4.39 Å². The second-order valence-electron chi connectivity index (χ2n) is 4.70. The molecule has 0 amide bonds. The molecule has 0 saturated heterocycles. The fourth-order valence-electron chi connectivity index (χ4n) is 1.90. The lowest BCUT2D eigenvalue weighted by Gasteiger charge is -2.13. The van der Waals surface area contributed by atoms with Crippen molar-refractivity contribution in [2.45, 2.75) is 32.2 Å². The molecular formula is C13H15ClFN3S. The van der Waals surface area contributed by atoms with Crippen LogP contribution in [0.15, 0.2) is 18.2 Å². The zero-order valence-electron chi connectivity index (χ0n) is 10.7. The monoisotopic (exact) mass is 299 g/mol. The van der Waals surface area contributed by atoms with E-state index in [4.69, 9.17) is 17.3 Å². The van der Waals surface area contributed by atoms with Crippen molar-refractivity contribution in [2.75, 3.05) is 0 Å². The number of rotatable bonds is 4. The fraction of sp³-hybridized carbons (Fsp3) is 0.385. The number of benzene rings is 1. The smallest absolute Gasteiger partial charge is 0.145 e. The van der Waals surface area contributed by atoms with E-state index >= 15 is 0 Å². The summed E-state index contributed by atoms with van der Waals surface area (Å²) < 4.78 is 17.8. The quantitative estimate of drug-likeness (QED) is 0.936. The van der Waals surface area contributed by atoms with Gasteiger partial charge in [0.2, 0.25) is 0 Å². The molecule has 3 nitrogen and oxygen atoms in total. The average molecular weight is 300 g/mol. The van der Waals surface area contributed by atoms with Gasteiger partial charge in [0, 0.05) is 6.04 Å². The Bertz CT molecular complexity index is 571. The summed E-state index contributed by atoms with van der Waals surface area (Å²) in [6.07, 6.45) is 0.385. The van der Waals surface area contributed by atoms with Crippen molar-refractivity contribution in [3.05, 3.63) is 45.2 Å². The number of nitrogens with zero attached hydrogens (tertiary/aromatic N) is 2. The molecule has 0 aliphatic heterocycles. The maximum Gasteiger partial charge on any atom is 0.145 e. The first-order valence-electron chi connectivity index (χ1n) is 6.01. The van der Waals surface area contributed by atoms with E-state index < -0.39 is 5.82 Å². The zero-order valence-corrected chi connectivity index (χ0v) is 12.3. The van der Waals surface area contributed by atoms with Crippen LogP contribution in [-0.4, -0.2) is 9.59 Å². The Morgan fingerprint density at radius 1 is 1.42 bits per heavy atom. The first kappa shape index (κ1) is 14.4. The largest absolute Gasteiger partial charge is 0.323 e. The summed E-state index contributed by atoms with van der Waals surface area (Å²) in [4.78, 5) is 0.911. The molecule has 1 atom stereocenters. The molecule has 0 saturated carbocycles. The molecule has 2 N–H and O–H groups in total. The Hall–Kier alpha value is -1.04. The van der Waals surface area contributed by atoms with Gasteiger partial charge in [-0.2, -0.15) is 0 Å². The minimum absolute atomic E-state index is 0.121. The predicted molar refractivity (Wildman–Crippen MR) is 76.0 cm³/mol. The highest BCUT2D eigenvalue weighted by Crippen LogP contribution is 2.28. The van der Waals surface area contributed by atoms with E-state index in [-0.39, 0.29) is 17.0 Å². The van der Waals surface area contributed by atoms with Crippen molar-refractivity contribution in [1.29, 1.82) is 0 Å². The lowest BCUT2D eigenvalue weighted by Crippen LogP contribution is -2.15. The van der Waals surface area contributed by atoms with Gasteiger partial charge >= 0.3 is 0 Å². The van der Waals surface area contributed by atoms with Gasteiger partial charge in [0.05, 0.1) is 15.6 Å². The molecule has 2 rings (SSSR count). The van der Waals surface area contributed by atoms with E-state index in [1.54, 1.807) is 12.1 Å². The third-order valence-electron chi connectivity index (χ3n) is 2.90. The van der Waals surface area contributed by atoms with Crippen molar-refractivity contribution in [3.8, 4) is 0 Å². The van der Waals surface area contributed by atoms with Gasteiger partial charge in [-0.3, -0.25) is 0 Å². The molecule has 0 fully saturated rings. The van der Waals surface area contributed by atoms with Gasteiger partial charge in [0.25, 0.3) is 0 Å². The average Bonchev–Trinajstić information content (AvgIpc) is 2.84. The third-order valence-corrected chi connectivity index (χ3v) is 4.06. The Morgan fingerprint density at radius 3 is 2.84 bits per heavy atom. The van der Waals surface area contributed by atoms with Crippen LogP contribution in [0, 0.1) is 5.82 Å². The summed E-state index contributed by atoms with van der Waals surface area (Å²) in [5, 5.41) is 4.21. The number of nitrogens with two attached hydrogens (primary N) is 1. The fourth-order valence-corrected chi connectivity index (χ4v) is 2.90. The Labute approximate surface area is 120 Å². The molecule has 102 valence electrons. The van der Waals surface area contributed by atoms with Gasteiger partial charge in [-0.1, -0.05) is 42.1 Å². The lowest BCUT2D eigenvalue weighted by molar-refractivity contribution is 0.593. The van der Waals surface area contributed by atoms with Gasteiger partial charge in [0.15, 0.2) is 0 Å². The second kappa shape index (κ2) is 5.94. The molecule has 1 unspecified atom stereocenters. The first-order chi connectivity index (χ1) is 9.00. The molecule has 19 heavy (non-hydrogen) atoms. The summed E-state index contributed by atoms with van der Waals surface area (Å²) in [5.74, 6) is -0.146. The predicted octanol–water partition coefficient (Wildman–Crippen LogP) is 3.70. The molecule has 0 spiro atoms. The Morgan fingerprint density at radius 2 is 2.16 bits per heavy atom. The molecular weight excluding hydrogens is 285 g/mol. The molecule has 1 aromatic heterocycles. The van der Waals surface area contributed by atoms with Crippen LogP contribution in [0.2, 0.25) is 5.02 Å². The Balaban J connectivity index is 2.23. The summed E-state index contributed by atoms with van der Waals surface area (Å²) in [6, 6.07) is 4.64. The van der Waals surface area contributed by atoms with Crippen LogP contribution in [0.1, 0.15) is 41.9 Å². The minimum Gasteiger partial charge on any atom is -0.323 e. The van der Waals surface area contributed by atoms with E-state index in [1.807, 2.05) is 13.8 Å². The minimum atomic E-state index is -0.400.